The highest BCUT2D eigenvalue weighted by Crippen LogP contribution is 2.38. The monoisotopic (exact) mass is 301 g/mol. The van der Waals surface area contributed by atoms with E-state index < -0.39 is 5.82 Å². The Hall–Kier alpha value is -1.00. The first-order chi connectivity index (χ1) is 9.67. The Balaban J connectivity index is 2.21. The number of benzene rings is 1. The van der Waals surface area contributed by atoms with Crippen LogP contribution in [0.15, 0.2) is 12.1 Å². The van der Waals surface area contributed by atoms with E-state index in [9.17, 15) is 4.39 Å². The van der Waals surface area contributed by atoms with Gasteiger partial charge in [0.1, 0.15) is 16.9 Å². The maximum atomic E-state index is 14.0. The van der Waals surface area contributed by atoms with Crippen molar-refractivity contribution >= 4 is 11.6 Å². The topological polar surface area (TPSA) is 30.5 Å². The molecule has 1 heterocycles. The Morgan fingerprint density at radius 3 is 2.90 bits per heavy atom. The highest BCUT2D eigenvalue weighted by molar-refractivity contribution is 6.33. The predicted octanol–water partition coefficient (Wildman–Crippen LogP) is 3.64. The molecule has 1 aromatic carbocycles. The molecular formula is C15H21ClFNO2. The summed E-state index contributed by atoms with van der Waals surface area (Å²) in [5.74, 6) is 0.499. The number of rotatable bonds is 6. The second-order valence-electron chi connectivity index (χ2n) is 5.09. The molecule has 1 aliphatic heterocycles. The molecule has 0 spiro atoms. The SMILES string of the molecule is CCC[C@H](Oc1c(F)ccc(OC)c1Cl)[C@H]1CCNC1. The molecule has 0 amide bonds. The number of hydrogen-bond acceptors (Lipinski definition) is 3. The van der Waals surface area contributed by atoms with Crippen molar-refractivity contribution in [2.45, 2.75) is 32.3 Å². The van der Waals surface area contributed by atoms with E-state index in [-0.39, 0.29) is 16.9 Å². The third kappa shape index (κ3) is 3.36. The summed E-state index contributed by atoms with van der Waals surface area (Å²) in [6.45, 7) is 4.00. The molecule has 0 bridgehead atoms. The van der Waals surface area contributed by atoms with Crippen molar-refractivity contribution in [2.24, 2.45) is 5.92 Å². The van der Waals surface area contributed by atoms with E-state index in [2.05, 4.69) is 12.2 Å². The zero-order chi connectivity index (χ0) is 14.5. The maximum Gasteiger partial charge on any atom is 0.177 e. The standard InChI is InChI=1S/C15H21ClFNO2/c1-3-4-12(10-7-8-18-9-10)20-15-11(17)5-6-13(19-2)14(15)16/h5-6,10,12,18H,3-4,7-9H2,1-2H3/t10-,12-/m0/s1. The molecule has 20 heavy (non-hydrogen) atoms. The van der Waals surface area contributed by atoms with Crippen LogP contribution in [0.1, 0.15) is 26.2 Å². The lowest BCUT2D eigenvalue weighted by molar-refractivity contribution is 0.126. The van der Waals surface area contributed by atoms with Gasteiger partial charge in [-0.15, -0.1) is 0 Å². The van der Waals surface area contributed by atoms with Crippen molar-refractivity contribution in [3.05, 3.63) is 23.0 Å². The second kappa shape index (κ2) is 7.14. The Bertz CT molecular complexity index is 450. The highest BCUT2D eigenvalue weighted by atomic mass is 35.5. The van der Waals surface area contributed by atoms with Crippen LogP contribution in [0.25, 0.3) is 0 Å². The van der Waals surface area contributed by atoms with Gasteiger partial charge in [0.25, 0.3) is 0 Å². The summed E-state index contributed by atoms with van der Waals surface area (Å²) in [5, 5.41) is 3.53. The van der Waals surface area contributed by atoms with E-state index >= 15 is 0 Å². The molecule has 1 aromatic rings. The van der Waals surface area contributed by atoms with Crippen molar-refractivity contribution in [1.29, 1.82) is 0 Å². The van der Waals surface area contributed by atoms with Crippen LogP contribution < -0.4 is 14.8 Å². The predicted molar refractivity (Wildman–Crippen MR) is 78.3 cm³/mol. The molecule has 0 saturated carbocycles. The summed E-state index contributed by atoms with van der Waals surface area (Å²) >= 11 is 6.16. The van der Waals surface area contributed by atoms with Crippen LogP contribution in [0.4, 0.5) is 4.39 Å². The van der Waals surface area contributed by atoms with Crippen LogP contribution in [-0.4, -0.2) is 26.3 Å². The fraction of sp³-hybridized carbons (Fsp3) is 0.600. The average molecular weight is 302 g/mol. The minimum Gasteiger partial charge on any atom is -0.495 e. The van der Waals surface area contributed by atoms with Crippen molar-refractivity contribution in [3.63, 3.8) is 0 Å². The minimum absolute atomic E-state index is 0.0193. The van der Waals surface area contributed by atoms with Gasteiger partial charge >= 0.3 is 0 Å². The van der Waals surface area contributed by atoms with Gasteiger partial charge in [-0.3, -0.25) is 0 Å². The third-order valence-corrected chi connectivity index (χ3v) is 4.06. The molecule has 1 N–H and O–H groups in total. The van der Waals surface area contributed by atoms with Gasteiger partial charge in [-0.05, 0) is 31.5 Å². The molecule has 0 radical (unpaired) electrons. The van der Waals surface area contributed by atoms with Crippen LogP contribution in [0.3, 0.4) is 0 Å². The maximum absolute atomic E-state index is 14.0. The van der Waals surface area contributed by atoms with Crippen LogP contribution in [-0.2, 0) is 0 Å². The summed E-state index contributed by atoms with van der Waals surface area (Å²) < 4.78 is 25.0. The Labute approximate surface area is 124 Å². The summed E-state index contributed by atoms with van der Waals surface area (Å²) in [4.78, 5) is 0. The summed E-state index contributed by atoms with van der Waals surface area (Å²) in [5.41, 5.74) is 0. The number of hydrogen-bond donors (Lipinski definition) is 1. The second-order valence-corrected chi connectivity index (χ2v) is 5.47. The van der Waals surface area contributed by atoms with Crippen molar-refractivity contribution in [3.8, 4) is 11.5 Å². The average Bonchev–Trinajstić information content (AvgIpc) is 2.96. The van der Waals surface area contributed by atoms with E-state index in [1.54, 1.807) is 0 Å². The minimum atomic E-state index is -0.442. The molecule has 3 nitrogen and oxygen atoms in total. The van der Waals surface area contributed by atoms with Crippen molar-refractivity contribution < 1.29 is 13.9 Å². The lowest BCUT2D eigenvalue weighted by Crippen LogP contribution is -2.29. The van der Waals surface area contributed by atoms with Gasteiger partial charge in [-0.1, -0.05) is 24.9 Å². The van der Waals surface area contributed by atoms with E-state index in [1.165, 1.54) is 19.2 Å². The zero-order valence-corrected chi connectivity index (χ0v) is 12.7. The molecule has 1 saturated heterocycles. The smallest absolute Gasteiger partial charge is 0.177 e. The highest BCUT2D eigenvalue weighted by Gasteiger charge is 2.28. The zero-order valence-electron chi connectivity index (χ0n) is 11.9. The van der Waals surface area contributed by atoms with E-state index in [1.807, 2.05) is 0 Å². The lowest BCUT2D eigenvalue weighted by Gasteiger charge is -2.25. The number of halogens is 2. The first-order valence-electron chi connectivity index (χ1n) is 7.06. The first kappa shape index (κ1) is 15.4. The molecule has 1 aliphatic rings. The molecule has 0 aromatic heterocycles. The molecule has 0 unspecified atom stereocenters. The molecule has 2 rings (SSSR count). The van der Waals surface area contributed by atoms with Gasteiger partial charge in [0.05, 0.1) is 7.11 Å². The summed E-state index contributed by atoms with van der Waals surface area (Å²) in [7, 11) is 1.51. The summed E-state index contributed by atoms with van der Waals surface area (Å²) in [6.07, 6.45) is 2.91. The van der Waals surface area contributed by atoms with E-state index in [0.717, 1.165) is 32.4 Å². The Morgan fingerprint density at radius 1 is 1.50 bits per heavy atom. The van der Waals surface area contributed by atoms with Crippen LogP contribution >= 0.6 is 11.6 Å². The van der Waals surface area contributed by atoms with Crippen molar-refractivity contribution in [1.82, 2.24) is 5.32 Å². The van der Waals surface area contributed by atoms with E-state index in [4.69, 9.17) is 21.1 Å². The molecule has 112 valence electrons. The summed E-state index contributed by atoms with van der Waals surface area (Å²) in [6, 6.07) is 2.84. The molecule has 2 atom stereocenters. The fourth-order valence-corrected chi connectivity index (χ4v) is 2.88. The van der Waals surface area contributed by atoms with Crippen LogP contribution in [0.5, 0.6) is 11.5 Å². The van der Waals surface area contributed by atoms with Gasteiger partial charge in [0, 0.05) is 12.5 Å². The lowest BCUT2D eigenvalue weighted by atomic mass is 9.97. The van der Waals surface area contributed by atoms with Gasteiger partial charge in [-0.25, -0.2) is 4.39 Å². The largest absolute Gasteiger partial charge is 0.495 e. The normalized spacial score (nSPS) is 19.9. The van der Waals surface area contributed by atoms with Crippen LogP contribution in [0, 0.1) is 11.7 Å². The molecular weight excluding hydrogens is 281 g/mol. The molecule has 1 fully saturated rings. The van der Waals surface area contributed by atoms with Gasteiger partial charge in [0.15, 0.2) is 11.6 Å². The Kier molecular flexibility index (Phi) is 5.49. The first-order valence-corrected chi connectivity index (χ1v) is 7.44. The van der Waals surface area contributed by atoms with Gasteiger partial charge in [-0.2, -0.15) is 0 Å². The Morgan fingerprint density at radius 2 is 2.30 bits per heavy atom. The third-order valence-electron chi connectivity index (χ3n) is 3.70. The quantitative estimate of drug-likeness (QED) is 0.870. The van der Waals surface area contributed by atoms with Crippen molar-refractivity contribution in [2.75, 3.05) is 20.2 Å². The van der Waals surface area contributed by atoms with Crippen LogP contribution in [0.2, 0.25) is 5.02 Å². The number of ether oxygens (including phenoxy) is 2. The number of methoxy groups -OCH3 is 1. The van der Waals surface area contributed by atoms with Gasteiger partial charge < -0.3 is 14.8 Å². The molecule has 5 heteroatoms. The van der Waals surface area contributed by atoms with Gasteiger partial charge in [0.2, 0.25) is 0 Å². The van der Waals surface area contributed by atoms with E-state index in [0.29, 0.717) is 11.7 Å². The fourth-order valence-electron chi connectivity index (χ4n) is 2.60. The molecule has 0 aliphatic carbocycles. The number of nitrogens with one attached hydrogen (secondary N) is 1.